The molecule has 3 N–H and O–H groups in total. The van der Waals surface area contributed by atoms with E-state index in [1.807, 2.05) is 48.7 Å². The summed E-state index contributed by atoms with van der Waals surface area (Å²) in [6.45, 7) is 2.73. The fourth-order valence-corrected chi connectivity index (χ4v) is 4.07. The topological polar surface area (TPSA) is 77.5 Å². The number of rotatable bonds is 4. The number of pyridine rings is 1. The van der Waals surface area contributed by atoms with E-state index in [1.165, 1.54) is 0 Å². The molecule has 0 spiro atoms. The maximum absolute atomic E-state index is 12.4. The molecule has 0 bridgehead atoms. The standard InChI is InChI=1S/C21H26N4O2/c26-19-13-15-5-1-2-7-18(15)20(19)24-21(27)23-16-8-11-25(12-9-16)14-17-6-3-4-10-22-17/h1-7,10,16,19-20,26H,8-9,11-14H2,(H2,23,24,27)/t19-,20+/m0/s1. The van der Waals surface area contributed by atoms with Crippen molar-refractivity contribution in [3.05, 3.63) is 65.5 Å². The molecule has 6 nitrogen and oxygen atoms in total. The highest BCUT2D eigenvalue weighted by molar-refractivity contribution is 5.75. The van der Waals surface area contributed by atoms with Crippen LogP contribution in [0, 0.1) is 0 Å². The van der Waals surface area contributed by atoms with Gasteiger partial charge in [-0.2, -0.15) is 0 Å². The molecule has 0 saturated carbocycles. The van der Waals surface area contributed by atoms with E-state index in [1.54, 1.807) is 0 Å². The van der Waals surface area contributed by atoms with Crippen LogP contribution in [0.5, 0.6) is 0 Å². The Kier molecular flexibility index (Phi) is 5.36. The van der Waals surface area contributed by atoms with Gasteiger partial charge >= 0.3 is 6.03 Å². The number of amides is 2. The first-order valence-electron chi connectivity index (χ1n) is 9.64. The van der Waals surface area contributed by atoms with Crippen LogP contribution in [-0.4, -0.2) is 46.3 Å². The van der Waals surface area contributed by atoms with Crippen LogP contribution in [0.2, 0.25) is 0 Å². The Hall–Kier alpha value is -2.44. The molecule has 1 aromatic carbocycles. The van der Waals surface area contributed by atoms with Crippen molar-refractivity contribution in [2.24, 2.45) is 0 Å². The highest BCUT2D eigenvalue weighted by Crippen LogP contribution is 2.31. The second-order valence-electron chi connectivity index (χ2n) is 7.44. The summed E-state index contributed by atoms with van der Waals surface area (Å²) in [5.74, 6) is 0. The summed E-state index contributed by atoms with van der Waals surface area (Å²) >= 11 is 0. The number of hydrogen-bond acceptors (Lipinski definition) is 4. The van der Waals surface area contributed by atoms with Crippen LogP contribution in [0.1, 0.15) is 35.7 Å². The van der Waals surface area contributed by atoms with Crippen molar-refractivity contribution in [2.45, 2.75) is 44.0 Å². The predicted octanol–water partition coefficient (Wildman–Crippen LogP) is 2.00. The van der Waals surface area contributed by atoms with Crippen LogP contribution in [0.3, 0.4) is 0 Å². The molecule has 6 heteroatoms. The largest absolute Gasteiger partial charge is 0.390 e. The van der Waals surface area contributed by atoms with Crippen molar-refractivity contribution in [1.82, 2.24) is 20.5 Å². The Balaban J connectivity index is 1.25. The number of likely N-dealkylation sites (tertiary alicyclic amines) is 1. The normalized spacial score (nSPS) is 23.0. The van der Waals surface area contributed by atoms with Gasteiger partial charge in [-0.1, -0.05) is 30.3 Å². The number of fused-ring (bicyclic) bond motifs is 1. The van der Waals surface area contributed by atoms with Gasteiger partial charge in [-0.3, -0.25) is 9.88 Å². The number of aliphatic hydroxyl groups is 1. The molecule has 2 aliphatic rings. The zero-order chi connectivity index (χ0) is 18.6. The van der Waals surface area contributed by atoms with E-state index in [9.17, 15) is 9.90 Å². The van der Waals surface area contributed by atoms with Gasteiger partial charge in [0.2, 0.25) is 0 Å². The number of piperidine rings is 1. The second-order valence-corrected chi connectivity index (χ2v) is 7.44. The minimum atomic E-state index is -0.562. The number of carbonyl (C=O) groups excluding carboxylic acids is 1. The van der Waals surface area contributed by atoms with E-state index in [2.05, 4.69) is 20.5 Å². The number of benzene rings is 1. The van der Waals surface area contributed by atoms with Crippen molar-refractivity contribution in [3.63, 3.8) is 0 Å². The highest BCUT2D eigenvalue weighted by Gasteiger charge is 2.32. The molecule has 1 aromatic heterocycles. The van der Waals surface area contributed by atoms with Gasteiger partial charge in [0.05, 0.1) is 17.8 Å². The van der Waals surface area contributed by atoms with Gasteiger partial charge in [0.1, 0.15) is 0 Å². The summed E-state index contributed by atoms with van der Waals surface area (Å²) in [6.07, 6.45) is 3.69. The number of urea groups is 1. The molecular weight excluding hydrogens is 340 g/mol. The van der Waals surface area contributed by atoms with Crippen LogP contribution in [0.15, 0.2) is 48.7 Å². The van der Waals surface area contributed by atoms with Gasteiger partial charge < -0.3 is 15.7 Å². The van der Waals surface area contributed by atoms with E-state index in [-0.39, 0.29) is 18.1 Å². The summed E-state index contributed by atoms with van der Waals surface area (Å²) in [7, 11) is 0. The van der Waals surface area contributed by atoms with Gasteiger partial charge in [0, 0.05) is 38.3 Å². The maximum Gasteiger partial charge on any atom is 0.315 e. The molecule has 2 atom stereocenters. The smallest absolute Gasteiger partial charge is 0.315 e. The predicted molar refractivity (Wildman–Crippen MR) is 103 cm³/mol. The van der Waals surface area contributed by atoms with E-state index in [4.69, 9.17) is 0 Å². The van der Waals surface area contributed by atoms with Crippen LogP contribution in [0.4, 0.5) is 4.79 Å². The molecule has 2 heterocycles. The fourth-order valence-electron chi connectivity index (χ4n) is 4.07. The number of nitrogens with zero attached hydrogens (tertiary/aromatic N) is 2. The number of hydrogen-bond donors (Lipinski definition) is 3. The lowest BCUT2D eigenvalue weighted by Gasteiger charge is -2.32. The van der Waals surface area contributed by atoms with E-state index in [0.29, 0.717) is 6.42 Å². The van der Waals surface area contributed by atoms with Crippen LogP contribution in [0.25, 0.3) is 0 Å². The van der Waals surface area contributed by atoms with E-state index in [0.717, 1.165) is 49.3 Å². The Bertz CT molecular complexity index is 775. The third-order valence-electron chi connectivity index (χ3n) is 5.53. The molecular formula is C21H26N4O2. The Labute approximate surface area is 159 Å². The third kappa shape index (κ3) is 4.28. The third-order valence-corrected chi connectivity index (χ3v) is 5.53. The van der Waals surface area contributed by atoms with Gasteiger partial charge in [-0.25, -0.2) is 4.79 Å². The Morgan fingerprint density at radius 2 is 1.89 bits per heavy atom. The first kappa shape index (κ1) is 17.9. The summed E-state index contributed by atoms with van der Waals surface area (Å²) in [4.78, 5) is 19.2. The first-order chi connectivity index (χ1) is 13.2. The zero-order valence-corrected chi connectivity index (χ0v) is 15.3. The zero-order valence-electron chi connectivity index (χ0n) is 15.3. The Morgan fingerprint density at radius 3 is 2.67 bits per heavy atom. The minimum Gasteiger partial charge on any atom is -0.390 e. The van der Waals surface area contributed by atoms with E-state index >= 15 is 0 Å². The van der Waals surface area contributed by atoms with Crippen molar-refractivity contribution in [1.29, 1.82) is 0 Å². The number of aliphatic hydroxyl groups excluding tert-OH is 1. The molecule has 2 aromatic rings. The molecule has 0 radical (unpaired) electrons. The lowest BCUT2D eigenvalue weighted by atomic mass is 10.0. The summed E-state index contributed by atoms with van der Waals surface area (Å²) in [5, 5.41) is 16.3. The monoisotopic (exact) mass is 366 g/mol. The van der Waals surface area contributed by atoms with Crippen molar-refractivity contribution in [2.75, 3.05) is 13.1 Å². The van der Waals surface area contributed by atoms with Crippen LogP contribution < -0.4 is 10.6 Å². The van der Waals surface area contributed by atoms with Crippen LogP contribution in [-0.2, 0) is 13.0 Å². The minimum absolute atomic E-state index is 0.166. The molecule has 142 valence electrons. The molecule has 27 heavy (non-hydrogen) atoms. The molecule has 1 saturated heterocycles. The molecule has 1 aliphatic carbocycles. The SMILES string of the molecule is O=C(NC1CCN(Cc2ccccn2)CC1)N[C@@H]1c2ccccc2C[C@@H]1O. The number of aromatic nitrogens is 1. The van der Waals surface area contributed by atoms with Gasteiger partial charge in [-0.05, 0) is 36.1 Å². The number of nitrogens with one attached hydrogen (secondary N) is 2. The van der Waals surface area contributed by atoms with Crippen molar-refractivity contribution in [3.8, 4) is 0 Å². The van der Waals surface area contributed by atoms with Gasteiger partial charge in [0.15, 0.2) is 0 Å². The average Bonchev–Trinajstić information content (AvgIpc) is 2.99. The van der Waals surface area contributed by atoms with Gasteiger partial charge in [0.25, 0.3) is 0 Å². The average molecular weight is 366 g/mol. The summed E-state index contributed by atoms with van der Waals surface area (Å²) in [6, 6.07) is 13.5. The Morgan fingerprint density at radius 1 is 1.11 bits per heavy atom. The number of carbonyl (C=O) groups is 1. The second kappa shape index (κ2) is 8.06. The summed E-state index contributed by atoms with van der Waals surface area (Å²) < 4.78 is 0. The maximum atomic E-state index is 12.4. The van der Waals surface area contributed by atoms with Crippen molar-refractivity contribution >= 4 is 6.03 Å². The molecule has 2 amide bonds. The first-order valence-corrected chi connectivity index (χ1v) is 9.64. The lowest BCUT2D eigenvalue weighted by molar-refractivity contribution is 0.139. The van der Waals surface area contributed by atoms with Crippen molar-refractivity contribution < 1.29 is 9.90 Å². The lowest BCUT2D eigenvalue weighted by Crippen LogP contribution is -2.49. The quantitative estimate of drug-likeness (QED) is 0.774. The van der Waals surface area contributed by atoms with E-state index < -0.39 is 6.10 Å². The summed E-state index contributed by atoms with van der Waals surface area (Å²) in [5.41, 5.74) is 3.21. The van der Waals surface area contributed by atoms with Gasteiger partial charge in [-0.15, -0.1) is 0 Å². The fraction of sp³-hybridized carbons (Fsp3) is 0.429. The molecule has 1 fully saturated rings. The molecule has 4 rings (SSSR count). The van der Waals surface area contributed by atoms with Crippen LogP contribution >= 0.6 is 0 Å². The molecule has 1 aliphatic heterocycles. The molecule has 0 unspecified atom stereocenters. The highest BCUT2D eigenvalue weighted by atomic mass is 16.3.